The van der Waals surface area contributed by atoms with Gasteiger partial charge in [-0.3, -0.25) is 9.59 Å². The first-order valence-electron chi connectivity index (χ1n) is 9.52. The number of ether oxygens (including phenoxy) is 1. The fourth-order valence-electron chi connectivity index (χ4n) is 3.88. The molecule has 1 aromatic carbocycles. The average molecular weight is 422 g/mol. The number of carbonyl (C=O) groups is 2. The van der Waals surface area contributed by atoms with Gasteiger partial charge in [0.25, 0.3) is 0 Å². The number of pyridine rings is 1. The lowest BCUT2D eigenvalue weighted by atomic mass is 10.1. The molecule has 4 rings (SSSR count). The molecule has 2 fully saturated rings. The van der Waals surface area contributed by atoms with Crippen molar-refractivity contribution in [3.8, 4) is 0 Å². The van der Waals surface area contributed by atoms with Crippen LogP contribution in [-0.2, 0) is 9.53 Å². The number of Topliss-reactive ketones (excluding diaryl/α,β-unsaturated/α-hetero) is 1. The number of fused-ring (bicyclic) bond motifs is 1. The van der Waals surface area contributed by atoms with Gasteiger partial charge in [-0.05, 0) is 25.3 Å². The summed E-state index contributed by atoms with van der Waals surface area (Å²) in [4.78, 5) is 38.5. The minimum absolute atomic E-state index is 0.0289. The molecule has 1 saturated carbocycles. The van der Waals surface area contributed by atoms with Crippen LogP contribution in [0.1, 0.15) is 42.1 Å². The molecular formula is C20H21ClFN3O4. The second kappa shape index (κ2) is 7.42. The van der Waals surface area contributed by atoms with Crippen LogP contribution >= 0.6 is 11.6 Å². The van der Waals surface area contributed by atoms with E-state index in [0.29, 0.717) is 24.9 Å². The van der Waals surface area contributed by atoms with Gasteiger partial charge in [-0.25, -0.2) is 9.18 Å². The Balaban J connectivity index is 1.95. The third-order valence-corrected chi connectivity index (χ3v) is 5.89. The molecule has 1 aliphatic carbocycles. The SMILES string of the molecule is COC(=O)c1cn(C2CC2)c2c(Cl)c(N3CCCC(=O)C(N)C3)c(F)cc2c1=O. The predicted octanol–water partition coefficient (Wildman–Crippen LogP) is 2.41. The molecule has 2 heterocycles. The number of nitrogens with zero attached hydrogens (tertiary/aromatic N) is 2. The van der Waals surface area contributed by atoms with E-state index < -0.39 is 23.3 Å². The Kier molecular flexibility index (Phi) is 5.08. The first-order chi connectivity index (χ1) is 13.8. The third kappa shape index (κ3) is 3.40. The van der Waals surface area contributed by atoms with Crippen molar-refractivity contribution >= 4 is 39.9 Å². The zero-order valence-electron chi connectivity index (χ0n) is 15.9. The van der Waals surface area contributed by atoms with Crippen LogP contribution in [0.5, 0.6) is 0 Å². The highest BCUT2D eigenvalue weighted by Gasteiger charge is 2.31. The van der Waals surface area contributed by atoms with Gasteiger partial charge in [0.1, 0.15) is 11.4 Å². The summed E-state index contributed by atoms with van der Waals surface area (Å²) in [6.07, 6.45) is 4.05. The Morgan fingerprint density at radius 2 is 2.07 bits per heavy atom. The van der Waals surface area contributed by atoms with E-state index in [2.05, 4.69) is 0 Å². The second-order valence-corrected chi connectivity index (χ2v) is 7.92. The summed E-state index contributed by atoms with van der Waals surface area (Å²) in [6, 6.07) is 0.462. The number of hydrogen-bond donors (Lipinski definition) is 1. The van der Waals surface area contributed by atoms with Gasteiger partial charge in [0.15, 0.2) is 5.78 Å². The molecule has 2 N–H and O–H groups in total. The standard InChI is InChI=1S/C20H21ClFN3O4/c1-29-20(28)12-8-25(10-4-5-10)17-11(19(12)27)7-13(22)18(16(17)21)24-6-2-3-15(26)14(23)9-24/h7-8,10,14H,2-6,9,23H2,1H3. The van der Waals surface area contributed by atoms with E-state index in [0.717, 1.165) is 18.9 Å². The van der Waals surface area contributed by atoms with Crippen molar-refractivity contribution in [2.75, 3.05) is 25.1 Å². The summed E-state index contributed by atoms with van der Waals surface area (Å²) in [5, 5.41) is 0.114. The van der Waals surface area contributed by atoms with E-state index in [1.54, 1.807) is 9.47 Å². The van der Waals surface area contributed by atoms with E-state index >= 15 is 4.39 Å². The number of esters is 1. The first kappa shape index (κ1) is 19.8. The van der Waals surface area contributed by atoms with Crippen molar-refractivity contribution in [3.05, 3.63) is 38.9 Å². The van der Waals surface area contributed by atoms with Gasteiger partial charge in [0.2, 0.25) is 5.43 Å². The van der Waals surface area contributed by atoms with E-state index in [9.17, 15) is 14.4 Å². The van der Waals surface area contributed by atoms with Crippen molar-refractivity contribution in [1.82, 2.24) is 4.57 Å². The number of benzene rings is 1. The predicted molar refractivity (Wildman–Crippen MR) is 107 cm³/mol. The molecule has 2 aromatic rings. The van der Waals surface area contributed by atoms with Gasteiger partial charge < -0.3 is 19.9 Å². The smallest absolute Gasteiger partial charge is 0.343 e. The highest BCUT2D eigenvalue weighted by Crippen LogP contribution is 2.42. The fourth-order valence-corrected chi connectivity index (χ4v) is 4.29. The van der Waals surface area contributed by atoms with E-state index in [4.69, 9.17) is 22.1 Å². The summed E-state index contributed by atoms with van der Waals surface area (Å²) in [5.74, 6) is -1.53. The van der Waals surface area contributed by atoms with Crippen LogP contribution in [0.2, 0.25) is 5.02 Å². The molecule has 1 aliphatic heterocycles. The second-order valence-electron chi connectivity index (χ2n) is 7.54. The van der Waals surface area contributed by atoms with Gasteiger partial charge in [-0.2, -0.15) is 0 Å². The van der Waals surface area contributed by atoms with Crippen LogP contribution in [0.4, 0.5) is 10.1 Å². The maximum absolute atomic E-state index is 15.1. The lowest BCUT2D eigenvalue weighted by Gasteiger charge is -2.27. The molecule has 154 valence electrons. The Morgan fingerprint density at radius 1 is 1.34 bits per heavy atom. The lowest BCUT2D eigenvalue weighted by molar-refractivity contribution is -0.119. The van der Waals surface area contributed by atoms with E-state index in [1.807, 2.05) is 0 Å². The Morgan fingerprint density at radius 3 is 2.72 bits per heavy atom. The van der Waals surface area contributed by atoms with Crippen molar-refractivity contribution in [3.63, 3.8) is 0 Å². The Hall–Kier alpha value is -2.45. The van der Waals surface area contributed by atoms with Crippen LogP contribution in [0.3, 0.4) is 0 Å². The average Bonchev–Trinajstić information content (AvgIpc) is 3.53. The Labute approximate surface area is 171 Å². The van der Waals surface area contributed by atoms with Gasteiger partial charge in [0.05, 0.1) is 34.8 Å². The lowest BCUT2D eigenvalue weighted by Crippen LogP contribution is -2.40. The summed E-state index contributed by atoms with van der Waals surface area (Å²) in [7, 11) is 1.19. The summed E-state index contributed by atoms with van der Waals surface area (Å²) in [5.41, 5.74) is 5.67. The van der Waals surface area contributed by atoms with Crippen LogP contribution in [0, 0.1) is 5.82 Å². The molecule has 1 aromatic heterocycles. The normalized spacial score (nSPS) is 20.1. The van der Waals surface area contributed by atoms with Crippen LogP contribution < -0.4 is 16.1 Å². The molecule has 1 unspecified atom stereocenters. The van der Waals surface area contributed by atoms with Crippen molar-refractivity contribution < 1.29 is 18.7 Å². The van der Waals surface area contributed by atoms with Crippen molar-refractivity contribution in [1.29, 1.82) is 0 Å². The first-order valence-corrected chi connectivity index (χ1v) is 9.89. The van der Waals surface area contributed by atoms with Gasteiger partial charge in [-0.15, -0.1) is 0 Å². The van der Waals surface area contributed by atoms with Gasteiger partial charge in [-0.1, -0.05) is 11.6 Å². The monoisotopic (exact) mass is 421 g/mol. The fraction of sp³-hybridized carbons (Fsp3) is 0.450. The molecule has 1 atom stereocenters. The maximum atomic E-state index is 15.1. The van der Waals surface area contributed by atoms with Crippen LogP contribution in [-0.4, -0.2) is 42.6 Å². The number of hydrogen-bond acceptors (Lipinski definition) is 6. The number of aromatic nitrogens is 1. The number of methoxy groups -OCH3 is 1. The maximum Gasteiger partial charge on any atom is 0.343 e. The molecular weight excluding hydrogens is 401 g/mol. The summed E-state index contributed by atoms with van der Waals surface area (Å²) >= 11 is 6.65. The molecule has 29 heavy (non-hydrogen) atoms. The molecule has 9 heteroatoms. The summed E-state index contributed by atoms with van der Waals surface area (Å²) < 4.78 is 21.6. The highest BCUT2D eigenvalue weighted by molar-refractivity contribution is 6.38. The zero-order valence-corrected chi connectivity index (χ0v) is 16.7. The van der Waals surface area contributed by atoms with E-state index in [-0.39, 0.29) is 40.0 Å². The molecule has 0 bridgehead atoms. The Bertz CT molecular complexity index is 1080. The number of nitrogens with two attached hydrogens (primary N) is 1. The third-order valence-electron chi connectivity index (χ3n) is 5.53. The van der Waals surface area contributed by atoms with Crippen LogP contribution in [0.15, 0.2) is 17.1 Å². The minimum Gasteiger partial charge on any atom is -0.465 e. The van der Waals surface area contributed by atoms with Gasteiger partial charge >= 0.3 is 5.97 Å². The topological polar surface area (TPSA) is 94.6 Å². The quantitative estimate of drug-likeness (QED) is 0.765. The number of halogens is 2. The minimum atomic E-state index is -0.774. The summed E-state index contributed by atoms with van der Waals surface area (Å²) in [6.45, 7) is 0.574. The molecule has 0 amide bonds. The number of rotatable bonds is 3. The number of anilines is 1. The zero-order chi connectivity index (χ0) is 20.9. The number of ketones is 1. The van der Waals surface area contributed by atoms with Crippen molar-refractivity contribution in [2.45, 2.75) is 37.8 Å². The van der Waals surface area contributed by atoms with E-state index in [1.165, 1.54) is 13.3 Å². The molecule has 2 aliphatic rings. The number of carbonyl (C=O) groups excluding carboxylic acids is 2. The van der Waals surface area contributed by atoms with Crippen molar-refractivity contribution in [2.24, 2.45) is 5.73 Å². The molecule has 1 saturated heterocycles. The largest absolute Gasteiger partial charge is 0.465 e. The highest BCUT2D eigenvalue weighted by atomic mass is 35.5. The van der Waals surface area contributed by atoms with Crippen LogP contribution in [0.25, 0.3) is 10.9 Å². The van der Waals surface area contributed by atoms with Gasteiger partial charge in [0, 0.05) is 31.7 Å². The molecule has 7 nitrogen and oxygen atoms in total. The molecule has 0 radical (unpaired) electrons. The molecule has 0 spiro atoms.